The predicted molar refractivity (Wildman–Crippen MR) is 80.7 cm³/mol. The van der Waals surface area contributed by atoms with Gasteiger partial charge in [0, 0.05) is 18.3 Å². The standard InChI is InChI=1S/C15H16N6O/c1-22-11-4-2-10(3-5-11)8-21-14-12(7-19-9-20-14)13(6-16)15(21,17)18/h2-5,7,9,13H,8,17-18H2,1H3. The van der Waals surface area contributed by atoms with Gasteiger partial charge in [-0.3, -0.25) is 11.5 Å². The van der Waals surface area contributed by atoms with Gasteiger partial charge in [0.05, 0.1) is 13.2 Å². The van der Waals surface area contributed by atoms with Gasteiger partial charge in [-0.25, -0.2) is 9.97 Å². The number of hydrogen-bond donors (Lipinski definition) is 2. The number of aromatic nitrogens is 2. The molecule has 1 aliphatic rings. The zero-order chi connectivity index (χ0) is 15.7. The summed E-state index contributed by atoms with van der Waals surface area (Å²) in [6.45, 7) is 0.444. The summed E-state index contributed by atoms with van der Waals surface area (Å²) in [6, 6.07) is 9.73. The van der Waals surface area contributed by atoms with Crippen molar-refractivity contribution in [3.63, 3.8) is 0 Å². The van der Waals surface area contributed by atoms with Crippen LogP contribution in [0.5, 0.6) is 5.75 Å². The summed E-state index contributed by atoms with van der Waals surface area (Å²) >= 11 is 0. The second-order valence-corrected chi connectivity index (χ2v) is 5.19. The van der Waals surface area contributed by atoms with Crippen molar-refractivity contribution in [3.05, 3.63) is 47.9 Å². The van der Waals surface area contributed by atoms with Crippen LogP contribution in [0.4, 0.5) is 5.82 Å². The third-order valence-corrected chi connectivity index (χ3v) is 3.84. The summed E-state index contributed by atoms with van der Waals surface area (Å²) in [7, 11) is 1.62. The molecule has 0 saturated carbocycles. The van der Waals surface area contributed by atoms with Crippen molar-refractivity contribution in [1.29, 1.82) is 5.26 Å². The van der Waals surface area contributed by atoms with Crippen LogP contribution in [0.3, 0.4) is 0 Å². The number of ether oxygens (including phenoxy) is 1. The molecule has 7 heteroatoms. The fourth-order valence-electron chi connectivity index (χ4n) is 2.65. The second-order valence-electron chi connectivity index (χ2n) is 5.19. The largest absolute Gasteiger partial charge is 0.497 e. The topological polar surface area (TPSA) is 114 Å². The highest BCUT2D eigenvalue weighted by molar-refractivity contribution is 5.60. The molecule has 0 fully saturated rings. The van der Waals surface area contributed by atoms with Crippen LogP contribution in [0.15, 0.2) is 36.8 Å². The first-order valence-electron chi connectivity index (χ1n) is 6.75. The molecule has 0 spiro atoms. The summed E-state index contributed by atoms with van der Waals surface area (Å²) in [4.78, 5) is 9.95. The summed E-state index contributed by atoms with van der Waals surface area (Å²) < 4.78 is 5.14. The number of anilines is 1. The maximum atomic E-state index is 9.39. The van der Waals surface area contributed by atoms with E-state index in [1.807, 2.05) is 24.3 Å². The highest BCUT2D eigenvalue weighted by atomic mass is 16.5. The highest BCUT2D eigenvalue weighted by Crippen LogP contribution is 2.41. The Kier molecular flexibility index (Phi) is 3.41. The molecule has 1 aromatic heterocycles. The van der Waals surface area contributed by atoms with Crippen molar-refractivity contribution in [2.24, 2.45) is 11.5 Å². The van der Waals surface area contributed by atoms with Crippen LogP contribution in [0.1, 0.15) is 17.0 Å². The van der Waals surface area contributed by atoms with E-state index in [-0.39, 0.29) is 0 Å². The minimum absolute atomic E-state index is 0.444. The number of nitrogens with two attached hydrogens (primary N) is 2. The highest BCUT2D eigenvalue weighted by Gasteiger charge is 2.48. The van der Waals surface area contributed by atoms with E-state index >= 15 is 0 Å². The van der Waals surface area contributed by atoms with E-state index in [1.54, 1.807) is 18.2 Å². The first-order valence-corrected chi connectivity index (χ1v) is 6.75. The Labute approximate surface area is 128 Å². The van der Waals surface area contributed by atoms with Gasteiger partial charge in [-0.05, 0) is 17.7 Å². The molecule has 0 aliphatic carbocycles. The Morgan fingerprint density at radius 1 is 1.36 bits per heavy atom. The van der Waals surface area contributed by atoms with E-state index in [0.717, 1.165) is 11.3 Å². The van der Waals surface area contributed by atoms with Crippen molar-refractivity contribution in [2.45, 2.75) is 18.2 Å². The van der Waals surface area contributed by atoms with Gasteiger partial charge in [0.25, 0.3) is 0 Å². The molecule has 0 saturated heterocycles. The fourth-order valence-corrected chi connectivity index (χ4v) is 2.65. The summed E-state index contributed by atoms with van der Waals surface area (Å²) in [5, 5.41) is 9.39. The fraction of sp³-hybridized carbons (Fsp3) is 0.267. The van der Waals surface area contributed by atoms with Gasteiger partial charge >= 0.3 is 0 Å². The molecule has 2 aromatic rings. The average molecular weight is 296 g/mol. The molecule has 3 rings (SSSR count). The Morgan fingerprint density at radius 2 is 2.09 bits per heavy atom. The van der Waals surface area contributed by atoms with Gasteiger partial charge in [-0.15, -0.1) is 0 Å². The first-order chi connectivity index (χ1) is 10.6. The van der Waals surface area contributed by atoms with Crippen molar-refractivity contribution < 1.29 is 4.74 Å². The van der Waals surface area contributed by atoms with Crippen molar-refractivity contribution in [2.75, 3.05) is 12.0 Å². The molecular formula is C15H16N6O. The van der Waals surface area contributed by atoms with E-state index < -0.39 is 11.7 Å². The van der Waals surface area contributed by atoms with Crippen LogP contribution < -0.4 is 21.1 Å². The third-order valence-electron chi connectivity index (χ3n) is 3.84. The van der Waals surface area contributed by atoms with Crippen molar-refractivity contribution in [1.82, 2.24) is 9.97 Å². The zero-order valence-electron chi connectivity index (χ0n) is 12.1. The molecule has 1 atom stereocenters. The van der Waals surface area contributed by atoms with Gasteiger partial charge in [0.2, 0.25) is 0 Å². The van der Waals surface area contributed by atoms with Gasteiger partial charge in [0.1, 0.15) is 23.8 Å². The summed E-state index contributed by atoms with van der Waals surface area (Å²) in [6.07, 6.45) is 3.02. The van der Waals surface area contributed by atoms with E-state index in [1.165, 1.54) is 6.33 Å². The molecule has 22 heavy (non-hydrogen) atoms. The summed E-state index contributed by atoms with van der Waals surface area (Å²) in [5.74, 6) is -0.633. The lowest BCUT2D eigenvalue weighted by molar-refractivity contribution is 0.401. The number of fused-ring (bicyclic) bond motifs is 1. The molecule has 2 heterocycles. The molecule has 0 bridgehead atoms. The smallest absolute Gasteiger partial charge is 0.163 e. The van der Waals surface area contributed by atoms with E-state index in [0.29, 0.717) is 17.9 Å². The zero-order valence-corrected chi connectivity index (χ0v) is 12.1. The number of nitriles is 1. The molecule has 0 radical (unpaired) electrons. The lowest BCUT2D eigenvalue weighted by Crippen LogP contribution is -2.63. The minimum Gasteiger partial charge on any atom is -0.497 e. The maximum absolute atomic E-state index is 9.39. The quantitative estimate of drug-likeness (QED) is 0.800. The van der Waals surface area contributed by atoms with Crippen LogP contribution in [-0.2, 0) is 6.54 Å². The van der Waals surface area contributed by atoms with E-state index in [2.05, 4.69) is 16.0 Å². The Bertz CT molecular complexity index is 722. The predicted octanol–water partition coefficient (Wildman–Crippen LogP) is 0.684. The molecule has 1 unspecified atom stereocenters. The number of benzene rings is 1. The SMILES string of the molecule is COc1ccc(CN2c3ncncc3C(C#N)C2(N)N)cc1. The van der Waals surface area contributed by atoms with Gasteiger partial charge in [0.15, 0.2) is 5.79 Å². The lowest BCUT2D eigenvalue weighted by Gasteiger charge is -2.34. The van der Waals surface area contributed by atoms with E-state index in [4.69, 9.17) is 16.2 Å². The van der Waals surface area contributed by atoms with Gasteiger partial charge in [-0.2, -0.15) is 5.26 Å². The molecule has 1 aromatic carbocycles. The normalized spacial score (nSPS) is 18.6. The molecule has 112 valence electrons. The van der Waals surface area contributed by atoms with Crippen molar-refractivity contribution in [3.8, 4) is 11.8 Å². The van der Waals surface area contributed by atoms with Crippen molar-refractivity contribution >= 4 is 5.82 Å². The minimum atomic E-state index is -1.33. The number of hydrogen-bond acceptors (Lipinski definition) is 7. The van der Waals surface area contributed by atoms with Crippen LogP contribution in [0.25, 0.3) is 0 Å². The monoisotopic (exact) mass is 296 g/mol. The molecule has 0 amide bonds. The average Bonchev–Trinajstić information content (AvgIpc) is 2.75. The molecule has 7 nitrogen and oxygen atoms in total. The molecule has 4 N–H and O–H groups in total. The number of methoxy groups -OCH3 is 1. The van der Waals surface area contributed by atoms with Crippen LogP contribution >= 0.6 is 0 Å². The summed E-state index contributed by atoms with van der Waals surface area (Å²) in [5.41, 5.74) is 14.1. The lowest BCUT2D eigenvalue weighted by atomic mass is 10.00. The Balaban J connectivity index is 1.97. The van der Waals surface area contributed by atoms with Crippen LogP contribution in [-0.4, -0.2) is 22.9 Å². The van der Waals surface area contributed by atoms with Crippen LogP contribution in [0.2, 0.25) is 0 Å². The van der Waals surface area contributed by atoms with E-state index in [9.17, 15) is 5.26 Å². The Morgan fingerprint density at radius 3 is 2.73 bits per heavy atom. The number of nitrogens with zero attached hydrogens (tertiary/aromatic N) is 4. The molecule has 1 aliphatic heterocycles. The van der Waals surface area contributed by atoms with Crippen LogP contribution in [0, 0.1) is 11.3 Å². The van der Waals surface area contributed by atoms with Gasteiger partial charge in [-0.1, -0.05) is 12.1 Å². The first kappa shape index (κ1) is 14.3. The maximum Gasteiger partial charge on any atom is 0.163 e. The van der Waals surface area contributed by atoms with Gasteiger partial charge < -0.3 is 9.64 Å². The Hall–Kier alpha value is -2.69. The third kappa shape index (κ3) is 2.15. The number of rotatable bonds is 3. The molecular weight excluding hydrogens is 280 g/mol. The second kappa shape index (κ2) is 5.26.